The molecule has 0 amide bonds. The summed E-state index contributed by atoms with van der Waals surface area (Å²) in [5.74, 6) is 0. The fourth-order valence-corrected chi connectivity index (χ4v) is 5.11. The van der Waals surface area contributed by atoms with Crippen molar-refractivity contribution < 1.29 is 10.0 Å². The van der Waals surface area contributed by atoms with E-state index in [1.54, 1.807) is 24.3 Å². The first kappa shape index (κ1) is 35.4. The molecule has 0 aliphatic heterocycles. The van der Waals surface area contributed by atoms with Crippen molar-refractivity contribution in [3.63, 3.8) is 0 Å². The molecule has 6 aromatic rings. The SMILES string of the molecule is Brc1ccc2ccc(-c3ccccc3)cc2c1.Brc1ccc2ccc(I)cc2c1.C.CI.OB(O)c1ccccc1. The van der Waals surface area contributed by atoms with Gasteiger partial charge in [0, 0.05) is 12.5 Å². The first-order valence-electron chi connectivity index (χ1n) is 12.3. The van der Waals surface area contributed by atoms with Gasteiger partial charge in [0.2, 0.25) is 0 Å². The summed E-state index contributed by atoms with van der Waals surface area (Å²) < 4.78 is 3.53. The van der Waals surface area contributed by atoms with Gasteiger partial charge in [0.15, 0.2) is 0 Å². The second-order valence-corrected chi connectivity index (χ2v) is 11.6. The van der Waals surface area contributed by atoms with E-state index < -0.39 is 7.12 Å². The minimum absolute atomic E-state index is 0. The Hall–Kier alpha value is -1.76. The van der Waals surface area contributed by atoms with Crippen LogP contribution in [0.4, 0.5) is 0 Å². The quantitative estimate of drug-likeness (QED) is 0.103. The van der Waals surface area contributed by atoms with E-state index in [0.29, 0.717) is 5.46 Å². The second-order valence-electron chi connectivity index (χ2n) is 8.49. The van der Waals surface area contributed by atoms with Crippen molar-refractivity contribution in [2.45, 2.75) is 7.43 Å². The molecule has 0 atom stereocenters. The fraction of sp³-hybridized carbons (Fsp3) is 0.0588. The summed E-state index contributed by atoms with van der Waals surface area (Å²) in [5.41, 5.74) is 3.04. The zero-order valence-electron chi connectivity index (χ0n) is 21.7. The van der Waals surface area contributed by atoms with Gasteiger partial charge in [-0.25, -0.2) is 0 Å². The highest BCUT2D eigenvalue weighted by atomic mass is 127. The maximum absolute atomic E-state index is 8.58. The Bertz CT molecular complexity index is 1600. The first-order chi connectivity index (χ1) is 19.4. The molecule has 0 unspecified atom stereocenters. The van der Waals surface area contributed by atoms with E-state index in [1.165, 1.54) is 36.2 Å². The summed E-state index contributed by atoms with van der Waals surface area (Å²) in [7, 11) is -1.34. The molecule has 6 aromatic carbocycles. The minimum atomic E-state index is -1.34. The molecule has 0 radical (unpaired) electrons. The molecule has 6 rings (SSSR count). The predicted molar refractivity (Wildman–Crippen MR) is 204 cm³/mol. The van der Waals surface area contributed by atoms with Gasteiger partial charge in [-0.15, -0.1) is 0 Å². The van der Waals surface area contributed by atoms with Crippen molar-refractivity contribution >= 4 is 111 Å². The molecule has 0 saturated carbocycles. The minimum Gasteiger partial charge on any atom is -0.423 e. The Morgan fingerprint density at radius 3 is 1.49 bits per heavy atom. The van der Waals surface area contributed by atoms with Crippen molar-refractivity contribution in [1.29, 1.82) is 0 Å². The fourth-order valence-electron chi connectivity index (χ4n) is 3.84. The predicted octanol–water partition coefficient (Wildman–Crippen LogP) is 10.5. The summed E-state index contributed by atoms with van der Waals surface area (Å²) in [6.07, 6.45) is 0. The first-order valence-corrected chi connectivity index (χ1v) is 17.1. The number of halogens is 4. The van der Waals surface area contributed by atoms with Gasteiger partial charge in [-0.2, -0.15) is 0 Å². The normalized spacial score (nSPS) is 9.63. The van der Waals surface area contributed by atoms with Crippen LogP contribution in [0.25, 0.3) is 32.7 Å². The smallest absolute Gasteiger partial charge is 0.423 e. The van der Waals surface area contributed by atoms with Gasteiger partial charge in [-0.3, -0.25) is 0 Å². The van der Waals surface area contributed by atoms with Crippen LogP contribution in [-0.4, -0.2) is 22.1 Å². The van der Waals surface area contributed by atoms with Crippen LogP contribution < -0.4 is 5.46 Å². The van der Waals surface area contributed by atoms with Crippen molar-refractivity contribution in [2.75, 3.05) is 4.93 Å². The van der Waals surface area contributed by atoms with Gasteiger partial charge in [0.05, 0.1) is 0 Å². The molecule has 0 bridgehead atoms. The third-order valence-electron chi connectivity index (χ3n) is 5.77. The van der Waals surface area contributed by atoms with E-state index in [1.807, 2.05) is 17.1 Å². The van der Waals surface area contributed by atoms with E-state index >= 15 is 0 Å². The van der Waals surface area contributed by atoms with Gasteiger partial charge in [0.25, 0.3) is 0 Å². The van der Waals surface area contributed by atoms with E-state index in [2.05, 4.69) is 174 Å². The van der Waals surface area contributed by atoms with Crippen molar-refractivity contribution in [3.8, 4) is 11.1 Å². The van der Waals surface area contributed by atoms with E-state index in [9.17, 15) is 0 Å². The van der Waals surface area contributed by atoms with E-state index in [-0.39, 0.29) is 7.43 Å². The highest BCUT2D eigenvalue weighted by Gasteiger charge is 2.07. The summed E-state index contributed by atoms with van der Waals surface area (Å²) in [6, 6.07) is 44.8. The summed E-state index contributed by atoms with van der Waals surface area (Å²) in [6.45, 7) is 0. The number of hydrogen-bond donors (Lipinski definition) is 2. The van der Waals surface area contributed by atoms with E-state index in [0.717, 1.165) is 8.95 Å². The van der Waals surface area contributed by atoms with Crippen LogP contribution in [0.15, 0.2) is 142 Å². The second kappa shape index (κ2) is 18.7. The topological polar surface area (TPSA) is 40.5 Å². The molecule has 0 heterocycles. The molecular formula is C34H31BBr2I2O2. The number of hydrogen-bond acceptors (Lipinski definition) is 2. The zero-order valence-corrected chi connectivity index (χ0v) is 29.2. The Labute approximate surface area is 287 Å². The Morgan fingerprint density at radius 2 is 0.976 bits per heavy atom. The Morgan fingerprint density at radius 1 is 0.512 bits per heavy atom. The van der Waals surface area contributed by atoms with Gasteiger partial charge >= 0.3 is 7.12 Å². The molecular weight excluding hydrogens is 865 g/mol. The average Bonchev–Trinajstić information content (AvgIpc) is 2.99. The zero-order chi connectivity index (χ0) is 28.9. The number of benzene rings is 6. The van der Waals surface area contributed by atoms with Crippen molar-refractivity contribution in [3.05, 3.63) is 146 Å². The van der Waals surface area contributed by atoms with Gasteiger partial charge in [0.1, 0.15) is 0 Å². The molecule has 2 N–H and O–H groups in total. The molecule has 7 heteroatoms. The number of fused-ring (bicyclic) bond motifs is 2. The summed E-state index contributed by atoms with van der Waals surface area (Å²) in [4.78, 5) is 1.97. The monoisotopic (exact) mass is 894 g/mol. The molecule has 0 saturated heterocycles. The molecule has 210 valence electrons. The third kappa shape index (κ3) is 11.4. The lowest BCUT2D eigenvalue weighted by Gasteiger charge is -2.04. The van der Waals surface area contributed by atoms with Gasteiger partial charge in [-0.1, -0.05) is 153 Å². The van der Waals surface area contributed by atoms with Crippen molar-refractivity contribution in [1.82, 2.24) is 0 Å². The molecule has 0 aliphatic carbocycles. The van der Waals surface area contributed by atoms with E-state index in [4.69, 9.17) is 10.0 Å². The summed E-state index contributed by atoms with van der Waals surface area (Å²) in [5, 5.41) is 22.3. The maximum atomic E-state index is 8.58. The van der Waals surface area contributed by atoms with Gasteiger partial charge < -0.3 is 10.0 Å². The molecule has 0 spiro atoms. The number of rotatable bonds is 2. The lowest BCUT2D eigenvalue weighted by molar-refractivity contribution is 0.426. The molecule has 0 fully saturated rings. The average molecular weight is 896 g/mol. The Balaban J connectivity index is 0.000000217. The standard InChI is InChI=1S/C16H11Br.C10H6BrI.C6H7BO2.CH3I.CH4/c17-16-9-8-13-6-7-14(10-15(13)11-16)12-4-2-1-3-5-12;11-9-3-1-7-2-4-10(12)6-8(7)5-9;8-7(9)6-4-2-1-3-5-6;1-2;/h1-11H;1-6H;1-5,8-9H;1H3;1H4. The van der Waals surface area contributed by atoms with Crippen LogP contribution in [0.1, 0.15) is 7.43 Å². The number of alkyl halides is 1. The third-order valence-corrected chi connectivity index (χ3v) is 7.43. The summed E-state index contributed by atoms with van der Waals surface area (Å²) >= 11 is 11.4. The van der Waals surface area contributed by atoms with Crippen LogP contribution in [0.2, 0.25) is 0 Å². The van der Waals surface area contributed by atoms with Gasteiger partial charge in [-0.05, 0) is 108 Å². The maximum Gasteiger partial charge on any atom is 0.488 e. The highest BCUT2D eigenvalue weighted by Crippen LogP contribution is 2.26. The largest absolute Gasteiger partial charge is 0.488 e. The lowest BCUT2D eigenvalue weighted by atomic mass is 9.81. The highest BCUT2D eigenvalue weighted by molar-refractivity contribution is 14.1. The Kier molecular flexibility index (Phi) is 16.2. The van der Waals surface area contributed by atoms with Crippen molar-refractivity contribution in [2.24, 2.45) is 0 Å². The molecule has 0 aliphatic rings. The van der Waals surface area contributed by atoms with Crippen LogP contribution in [0.3, 0.4) is 0 Å². The molecule has 2 nitrogen and oxygen atoms in total. The van der Waals surface area contributed by atoms with Crippen LogP contribution >= 0.6 is 77.0 Å². The van der Waals surface area contributed by atoms with Crippen LogP contribution in [0, 0.1) is 3.57 Å². The van der Waals surface area contributed by atoms with Crippen LogP contribution in [-0.2, 0) is 0 Å². The molecule has 41 heavy (non-hydrogen) atoms. The lowest BCUT2D eigenvalue weighted by Crippen LogP contribution is -2.29. The molecule has 0 aromatic heterocycles. The van der Waals surface area contributed by atoms with Crippen LogP contribution in [0.5, 0.6) is 0 Å².